The third kappa shape index (κ3) is 2.64. The molecule has 6 rings (SSSR count). The highest BCUT2D eigenvalue weighted by Crippen LogP contribution is 2.48. The van der Waals surface area contributed by atoms with Gasteiger partial charge in [0.25, 0.3) is 5.91 Å². The van der Waals surface area contributed by atoms with Crippen molar-refractivity contribution < 1.29 is 19.1 Å². The number of ketones is 1. The lowest BCUT2D eigenvalue weighted by Gasteiger charge is -2.51. The summed E-state index contributed by atoms with van der Waals surface area (Å²) in [6, 6.07) is 6.60. The molecule has 4 saturated heterocycles. The summed E-state index contributed by atoms with van der Waals surface area (Å²) in [4.78, 5) is 29.8. The number of rotatable bonds is 4. The Balaban J connectivity index is 1.49. The molecule has 27 heavy (non-hydrogen) atoms. The second kappa shape index (κ2) is 6.51. The van der Waals surface area contributed by atoms with Crippen LogP contribution in [0.4, 0.5) is 0 Å². The van der Waals surface area contributed by atoms with Gasteiger partial charge in [-0.15, -0.1) is 0 Å². The van der Waals surface area contributed by atoms with Gasteiger partial charge in [0, 0.05) is 24.9 Å². The Morgan fingerprint density at radius 3 is 2.67 bits per heavy atom. The predicted octanol–water partition coefficient (Wildman–Crippen LogP) is 2.17. The molecular weight excluding hydrogens is 344 g/mol. The van der Waals surface area contributed by atoms with Crippen LogP contribution in [0.2, 0.25) is 0 Å². The van der Waals surface area contributed by atoms with Crippen LogP contribution in [0.15, 0.2) is 18.2 Å². The predicted molar refractivity (Wildman–Crippen MR) is 98.8 cm³/mol. The van der Waals surface area contributed by atoms with Crippen molar-refractivity contribution in [2.45, 2.75) is 50.6 Å². The van der Waals surface area contributed by atoms with Crippen LogP contribution in [0.1, 0.15) is 44.1 Å². The van der Waals surface area contributed by atoms with E-state index in [1.807, 2.05) is 17.9 Å². The summed E-state index contributed by atoms with van der Waals surface area (Å²) < 4.78 is 11.0. The summed E-state index contributed by atoms with van der Waals surface area (Å²) in [6.07, 6.45) is 3.31. The maximum absolute atomic E-state index is 12.9. The molecule has 1 aromatic carbocycles. The van der Waals surface area contributed by atoms with Crippen molar-refractivity contribution in [3.05, 3.63) is 23.8 Å². The maximum atomic E-state index is 12.9. The SMILES string of the molecule is CCCC(=O)C(=O)N1C[C@@H](c2ccc3c(c2)OCO3)[C@@H]2[C@H]1C1CCN2CC1. The van der Waals surface area contributed by atoms with Crippen molar-refractivity contribution >= 4 is 11.7 Å². The average Bonchev–Trinajstić information content (AvgIpc) is 3.33. The van der Waals surface area contributed by atoms with Crippen LogP contribution in [0.25, 0.3) is 0 Å². The van der Waals surface area contributed by atoms with E-state index in [0.717, 1.165) is 37.4 Å². The normalized spacial score (nSPS) is 33.2. The van der Waals surface area contributed by atoms with Crippen molar-refractivity contribution in [3.63, 3.8) is 0 Å². The van der Waals surface area contributed by atoms with E-state index in [9.17, 15) is 9.59 Å². The molecule has 6 nitrogen and oxygen atoms in total. The van der Waals surface area contributed by atoms with E-state index in [4.69, 9.17) is 9.47 Å². The molecule has 0 unspecified atom stereocenters. The zero-order chi connectivity index (χ0) is 18.5. The van der Waals surface area contributed by atoms with Gasteiger partial charge in [-0.3, -0.25) is 14.5 Å². The van der Waals surface area contributed by atoms with E-state index in [0.29, 0.717) is 31.3 Å². The Kier molecular flexibility index (Phi) is 4.11. The molecule has 0 radical (unpaired) electrons. The molecule has 2 bridgehead atoms. The van der Waals surface area contributed by atoms with Crippen molar-refractivity contribution in [2.75, 3.05) is 26.4 Å². The largest absolute Gasteiger partial charge is 0.454 e. The Labute approximate surface area is 159 Å². The number of benzene rings is 1. The number of nitrogens with zero attached hydrogens (tertiary/aromatic N) is 2. The number of carbonyl (C=O) groups excluding carboxylic acids is 2. The van der Waals surface area contributed by atoms with Gasteiger partial charge in [0.2, 0.25) is 12.6 Å². The van der Waals surface area contributed by atoms with Crippen LogP contribution >= 0.6 is 0 Å². The molecule has 0 spiro atoms. The van der Waals surface area contributed by atoms with E-state index in [-0.39, 0.29) is 30.4 Å². The van der Waals surface area contributed by atoms with Crippen LogP contribution < -0.4 is 9.47 Å². The Morgan fingerprint density at radius 2 is 1.89 bits per heavy atom. The first-order valence-electron chi connectivity index (χ1n) is 10.1. The van der Waals surface area contributed by atoms with Gasteiger partial charge in [0.05, 0.1) is 6.04 Å². The molecule has 3 atom stereocenters. The molecule has 0 aliphatic carbocycles. The number of fused-ring (bicyclic) bond motifs is 3. The van der Waals surface area contributed by atoms with Gasteiger partial charge in [-0.05, 0) is 56.0 Å². The van der Waals surface area contributed by atoms with Gasteiger partial charge in [0.15, 0.2) is 11.5 Å². The summed E-state index contributed by atoms with van der Waals surface area (Å²) in [5.41, 5.74) is 1.18. The van der Waals surface area contributed by atoms with Gasteiger partial charge in [-0.1, -0.05) is 13.0 Å². The van der Waals surface area contributed by atoms with Crippen LogP contribution in [-0.4, -0.2) is 60.0 Å². The molecule has 6 heteroatoms. The minimum atomic E-state index is -0.274. The van der Waals surface area contributed by atoms with Crippen molar-refractivity contribution in [1.82, 2.24) is 9.80 Å². The minimum Gasteiger partial charge on any atom is -0.454 e. The second-order valence-electron chi connectivity index (χ2n) is 8.20. The zero-order valence-corrected chi connectivity index (χ0v) is 15.7. The lowest BCUT2D eigenvalue weighted by atomic mass is 9.75. The summed E-state index contributed by atoms with van der Waals surface area (Å²) in [7, 11) is 0. The van der Waals surface area contributed by atoms with Crippen molar-refractivity contribution in [1.29, 1.82) is 0 Å². The minimum absolute atomic E-state index is 0.163. The fourth-order valence-corrected chi connectivity index (χ4v) is 5.59. The van der Waals surface area contributed by atoms with E-state index in [2.05, 4.69) is 17.0 Å². The van der Waals surface area contributed by atoms with E-state index in [1.165, 1.54) is 5.56 Å². The smallest absolute Gasteiger partial charge is 0.290 e. The first kappa shape index (κ1) is 17.0. The summed E-state index contributed by atoms with van der Waals surface area (Å²) in [5, 5.41) is 0. The number of hydrogen-bond acceptors (Lipinski definition) is 5. The fourth-order valence-electron chi connectivity index (χ4n) is 5.59. The molecule has 5 aliphatic rings. The number of ether oxygens (including phenoxy) is 2. The molecule has 1 amide bonds. The molecule has 5 heterocycles. The Bertz CT molecular complexity index is 771. The summed E-state index contributed by atoms with van der Waals surface area (Å²) >= 11 is 0. The first-order valence-corrected chi connectivity index (χ1v) is 10.1. The second-order valence-corrected chi connectivity index (χ2v) is 8.20. The van der Waals surface area contributed by atoms with Crippen molar-refractivity contribution in [2.24, 2.45) is 5.92 Å². The van der Waals surface area contributed by atoms with Gasteiger partial charge in [0.1, 0.15) is 0 Å². The average molecular weight is 370 g/mol. The highest BCUT2D eigenvalue weighted by Gasteiger charge is 2.55. The fraction of sp³-hybridized carbons (Fsp3) is 0.619. The number of likely N-dealkylation sites (tertiary alicyclic amines) is 1. The highest BCUT2D eigenvalue weighted by atomic mass is 16.7. The van der Waals surface area contributed by atoms with Crippen LogP contribution in [0.3, 0.4) is 0 Å². The number of amides is 1. The molecule has 4 fully saturated rings. The number of hydrogen-bond donors (Lipinski definition) is 0. The van der Waals surface area contributed by atoms with E-state index >= 15 is 0 Å². The van der Waals surface area contributed by atoms with Gasteiger partial charge < -0.3 is 14.4 Å². The summed E-state index contributed by atoms with van der Waals surface area (Å²) in [6.45, 7) is 5.02. The highest BCUT2D eigenvalue weighted by molar-refractivity contribution is 6.36. The van der Waals surface area contributed by atoms with Crippen molar-refractivity contribution in [3.8, 4) is 11.5 Å². The van der Waals surface area contributed by atoms with Gasteiger partial charge in [-0.25, -0.2) is 0 Å². The third-order valence-electron chi connectivity index (χ3n) is 6.80. The van der Waals surface area contributed by atoms with Crippen LogP contribution in [-0.2, 0) is 9.59 Å². The quantitative estimate of drug-likeness (QED) is 0.761. The van der Waals surface area contributed by atoms with Gasteiger partial charge in [-0.2, -0.15) is 0 Å². The molecule has 144 valence electrons. The Hall–Kier alpha value is -2.08. The summed E-state index contributed by atoms with van der Waals surface area (Å²) in [5.74, 6) is 1.78. The maximum Gasteiger partial charge on any atom is 0.290 e. The monoisotopic (exact) mass is 370 g/mol. The number of carbonyl (C=O) groups is 2. The molecule has 0 aromatic heterocycles. The molecule has 5 aliphatic heterocycles. The standard InChI is InChI=1S/C21H26N2O4/c1-2-3-16(24)21(25)23-11-15(14-4-5-17-18(10-14)27-12-26-17)20-19(23)13-6-8-22(20)9-7-13/h4-5,10,13,15,19-20H,2-3,6-9,11-12H2,1H3/t15-,19+,20+/m0/s1. The third-order valence-corrected chi connectivity index (χ3v) is 6.80. The molecule has 1 aromatic rings. The van der Waals surface area contributed by atoms with E-state index in [1.54, 1.807) is 0 Å². The molecule has 0 N–H and O–H groups in total. The molecule has 0 saturated carbocycles. The van der Waals surface area contributed by atoms with Crippen LogP contribution in [0.5, 0.6) is 11.5 Å². The zero-order valence-electron chi connectivity index (χ0n) is 15.7. The number of Topliss-reactive ketones (excluding diaryl/α,β-unsaturated/α-hetero) is 1. The first-order chi connectivity index (χ1) is 13.2. The topological polar surface area (TPSA) is 59.1 Å². The van der Waals surface area contributed by atoms with Crippen LogP contribution in [0, 0.1) is 5.92 Å². The van der Waals surface area contributed by atoms with Gasteiger partial charge >= 0.3 is 0 Å². The Morgan fingerprint density at radius 1 is 1.11 bits per heavy atom. The number of piperidine rings is 3. The lowest BCUT2D eigenvalue weighted by Crippen LogP contribution is -2.61. The molecular formula is C21H26N2O4. The van der Waals surface area contributed by atoms with E-state index < -0.39 is 0 Å². The lowest BCUT2D eigenvalue weighted by molar-refractivity contribution is -0.147.